The van der Waals surface area contributed by atoms with Crippen LogP contribution in [0.1, 0.15) is 12.2 Å². The van der Waals surface area contributed by atoms with E-state index in [9.17, 15) is 4.39 Å². The van der Waals surface area contributed by atoms with Crippen molar-refractivity contribution in [2.75, 3.05) is 6.67 Å². The highest BCUT2D eigenvalue weighted by atomic mass is 19.1. The van der Waals surface area contributed by atoms with Crippen LogP contribution in [-0.2, 0) is 13.1 Å². The minimum absolute atomic E-state index is 0.289. The van der Waals surface area contributed by atoms with Crippen LogP contribution in [0.3, 0.4) is 0 Å². The van der Waals surface area contributed by atoms with Gasteiger partial charge in [-0.1, -0.05) is 0 Å². The van der Waals surface area contributed by atoms with Crippen molar-refractivity contribution in [1.29, 1.82) is 0 Å². The lowest BCUT2D eigenvalue weighted by molar-refractivity contribution is 0.443. The third-order valence-electron chi connectivity index (χ3n) is 1.52. The van der Waals surface area contributed by atoms with Crippen molar-refractivity contribution in [2.45, 2.75) is 19.5 Å². The smallest absolute Gasteiger partial charge is 0.122 e. The zero-order chi connectivity index (χ0) is 8.10. The number of hydrogen-bond donors (Lipinski definition) is 1. The third-order valence-corrected chi connectivity index (χ3v) is 1.52. The van der Waals surface area contributed by atoms with Gasteiger partial charge in [-0.05, 0) is 6.42 Å². The van der Waals surface area contributed by atoms with E-state index in [0.29, 0.717) is 19.5 Å². The molecule has 0 aromatic carbocycles. The molecule has 0 atom stereocenters. The number of aromatic nitrogens is 2. The molecule has 1 heterocycles. The predicted octanol–water partition coefficient (Wildman–Crippen LogP) is 0.701. The van der Waals surface area contributed by atoms with Gasteiger partial charge in [0, 0.05) is 18.9 Å². The Morgan fingerprint density at radius 3 is 3.09 bits per heavy atom. The van der Waals surface area contributed by atoms with Crippen molar-refractivity contribution >= 4 is 0 Å². The number of halogens is 1. The summed E-state index contributed by atoms with van der Waals surface area (Å²) in [6.45, 7) is 0.796. The standard InChI is InChI=1S/C7H12FN3/c8-2-1-4-11-5-3-10-7(11)6-9/h3,5H,1-2,4,6,9H2. The highest BCUT2D eigenvalue weighted by Crippen LogP contribution is 1.97. The summed E-state index contributed by atoms with van der Waals surface area (Å²) in [4.78, 5) is 4.00. The zero-order valence-electron chi connectivity index (χ0n) is 6.33. The number of hydrogen-bond acceptors (Lipinski definition) is 2. The van der Waals surface area contributed by atoms with E-state index in [1.165, 1.54) is 0 Å². The summed E-state index contributed by atoms with van der Waals surface area (Å²) in [6, 6.07) is 0. The van der Waals surface area contributed by atoms with Gasteiger partial charge < -0.3 is 10.3 Å². The molecule has 0 unspecified atom stereocenters. The molecule has 0 aliphatic carbocycles. The molecule has 0 saturated carbocycles. The normalized spacial score (nSPS) is 10.4. The van der Waals surface area contributed by atoms with Crippen LogP contribution in [0.2, 0.25) is 0 Å². The first-order valence-corrected chi connectivity index (χ1v) is 3.64. The summed E-state index contributed by atoms with van der Waals surface area (Å²) in [5.41, 5.74) is 5.39. The predicted molar refractivity (Wildman–Crippen MR) is 40.7 cm³/mol. The Labute approximate surface area is 65.0 Å². The summed E-state index contributed by atoms with van der Waals surface area (Å²) >= 11 is 0. The van der Waals surface area contributed by atoms with Crippen LogP contribution >= 0.6 is 0 Å². The second-order valence-corrected chi connectivity index (χ2v) is 2.28. The van der Waals surface area contributed by atoms with E-state index in [1.807, 2.05) is 10.8 Å². The highest BCUT2D eigenvalue weighted by molar-refractivity contribution is 4.90. The van der Waals surface area contributed by atoms with Crippen molar-refractivity contribution in [2.24, 2.45) is 5.73 Å². The van der Waals surface area contributed by atoms with E-state index in [-0.39, 0.29) is 6.67 Å². The molecule has 1 aromatic heterocycles. The first kappa shape index (κ1) is 8.20. The van der Waals surface area contributed by atoms with Crippen molar-refractivity contribution < 1.29 is 4.39 Å². The topological polar surface area (TPSA) is 43.8 Å². The Hall–Kier alpha value is -0.900. The Bertz CT molecular complexity index is 209. The second-order valence-electron chi connectivity index (χ2n) is 2.28. The number of rotatable bonds is 4. The van der Waals surface area contributed by atoms with Crippen LogP contribution < -0.4 is 5.73 Å². The van der Waals surface area contributed by atoms with Gasteiger partial charge in [0.1, 0.15) is 5.82 Å². The molecular formula is C7H12FN3. The monoisotopic (exact) mass is 157 g/mol. The molecule has 0 radical (unpaired) electrons. The average Bonchev–Trinajstić information content (AvgIpc) is 2.47. The number of nitrogens with two attached hydrogens (primary N) is 1. The van der Waals surface area contributed by atoms with Gasteiger partial charge in [-0.2, -0.15) is 0 Å². The fourth-order valence-electron chi connectivity index (χ4n) is 0.964. The van der Waals surface area contributed by atoms with E-state index in [4.69, 9.17) is 5.73 Å². The van der Waals surface area contributed by atoms with Gasteiger partial charge in [0.25, 0.3) is 0 Å². The Morgan fingerprint density at radius 2 is 2.45 bits per heavy atom. The van der Waals surface area contributed by atoms with Crippen LogP contribution in [0.15, 0.2) is 12.4 Å². The SMILES string of the molecule is NCc1nccn1CCCF. The van der Waals surface area contributed by atoms with E-state index in [2.05, 4.69) is 4.98 Å². The van der Waals surface area contributed by atoms with Crippen LogP contribution in [0.5, 0.6) is 0 Å². The molecule has 0 amide bonds. The minimum Gasteiger partial charge on any atom is -0.334 e. The number of imidazole rings is 1. The lowest BCUT2D eigenvalue weighted by Gasteiger charge is -2.02. The fraction of sp³-hybridized carbons (Fsp3) is 0.571. The molecule has 0 fully saturated rings. The van der Waals surface area contributed by atoms with E-state index in [0.717, 1.165) is 5.82 Å². The van der Waals surface area contributed by atoms with Crippen molar-refractivity contribution in [3.8, 4) is 0 Å². The van der Waals surface area contributed by atoms with Crippen LogP contribution in [-0.4, -0.2) is 16.2 Å². The molecule has 1 aromatic rings. The van der Waals surface area contributed by atoms with Crippen molar-refractivity contribution in [3.05, 3.63) is 18.2 Å². The molecule has 0 spiro atoms. The van der Waals surface area contributed by atoms with Gasteiger partial charge in [-0.3, -0.25) is 4.39 Å². The van der Waals surface area contributed by atoms with Gasteiger partial charge in [0.05, 0.1) is 13.2 Å². The van der Waals surface area contributed by atoms with E-state index < -0.39 is 0 Å². The molecular weight excluding hydrogens is 145 g/mol. The molecule has 0 aliphatic heterocycles. The summed E-state index contributed by atoms with van der Waals surface area (Å²) < 4.78 is 13.6. The fourth-order valence-corrected chi connectivity index (χ4v) is 0.964. The minimum atomic E-state index is -0.289. The van der Waals surface area contributed by atoms with Gasteiger partial charge in [-0.25, -0.2) is 4.98 Å². The summed E-state index contributed by atoms with van der Waals surface area (Å²) in [7, 11) is 0. The first-order valence-electron chi connectivity index (χ1n) is 3.64. The molecule has 11 heavy (non-hydrogen) atoms. The number of aryl methyl sites for hydroxylation is 1. The summed E-state index contributed by atoms with van der Waals surface area (Å²) in [6.07, 6.45) is 4.03. The van der Waals surface area contributed by atoms with Crippen LogP contribution in [0.25, 0.3) is 0 Å². The van der Waals surface area contributed by atoms with Gasteiger partial charge in [0.2, 0.25) is 0 Å². The largest absolute Gasteiger partial charge is 0.334 e. The molecule has 3 nitrogen and oxygen atoms in total. The van der Waals surface area contributed by atoms with Crippen LogP contribution in [0, 0.1) is 0 Å². The molecule has 0 saturated heterocycles. The first-order chi connectivity index (χ1) is 5.38. The summed E-state index contributed by atoms with van der Waals surface area (Å²) in [5.74, 6) is 0.818. The van der Waals surface area contributed by atoms with Gasteiger partial charge in [-0.15, -0.1) is 0 Å². The van der Waals surface area contributed by atoms with Crippen molar-refractivity contribution in [1.82, 2.24) is 9.55 Å². The van der Waals surface area contributed by atoms with E-state index >= 15 is 0 Å². The zero-order valence-corrected chi connectivity index (χ0v) is 6.33. The van der Waals surface area contributed by atoms with Crippen LogP contribution in [0.4, 0.5) is 4.39 Å². The van der Waals surface area contributed by atoms with E-state index in [1.54, 1.807) is 6.20 Å². The maximum atomic E-state index is 11.8. The Morgan fingerprint density at radius 1 is 1.64 bits per heavy atom. The molecule has 2 N–H and O–H groups in total. The van der Waals surface area contributed by atoms with Crippen molar-refractivity contribution in [3.63, 3.8) is 0 Å². The Kier molecular flexibility index (Phi) is 3.04. The number of alkyl halides is 1. The average molecular weight is 157 g/mol. The molecule has 0 bridgehead atoms. The summed E-state index contributed by atoms with van der Waals surface area (Å²) in [5, 5.41) is 0. The molecule has 62 valence electrons. The third kappa shape index (κ3) is 2.01. The second kappa shape index (κ2) is 4.08. The number of nitrogens with zero attached hydrogens (tertiary/aromatic N) is 2. The lowest BCUT2D eigenvalue weighted by atomic mass is 10.4. The lowest BCUT2D eigenvalue weighted by Crippen LogP contribution is -2.08. The van der Waals surface area contributed by atoms with Gasteiger partial charge in [0.15, 0.2) is 0 Å². The molecule has 4 heteroatoms. The maximum absolute atomic E-state index is 11.8. The van der Waals surface area contributed by atoms with Gasteiger partial charge >= 0.3 is 0 Å². The molecule has 1 rings (SSSR count). The maximum Gasteiger partial charge on any atom is 0.122 e. The quantitative estimate of drug-likeness (QED) is 0.699. The highest BCUT2D eigenvalue weighted by Gasteiger charge is 1.98. The Balaban J connectivity index is 2.54. The molecule has 0 aliphatic rings.